The van der Waals surface area contributed by atoms with Gasteiger partial charge in [0.1, 0.15) is 0 Å². The van der Waals surface area contributed by atoms with Gasteiger partial charge in [-0.05, 0) is 25.0 Å². The highest BCUT2D eigenvalue weighted by Crippen LogP contribution is 2.26. The second-order valence-electron chi connectivity index (χ2n) is 5.88. The van der Waals surface area contributed by atoms with Gasteiger partial charge in [0, 0.05) is 26.6 Å². The molecule has 1 atom stereocenters. The van der Waals surface area contributed by atoms with Crippen molar-refractivity contribution in [1.82, 2.24) is 20.0 Å². The van der Waals surface area contributed by atoms with E-state index in [9.17, 15) is 9.18 Å². The molecule has 0 bridgehead atoms. The van der Waals surface area contributed by atoms with Crippen LogP contribution in [-0.2, 0) is 11.2 Å². The number of aromatic nitrogens is 3. The molecule has 2 aromatic rings. The Morgan fingerprint density at radius 1 is 1.52 bits per heavy atom. The molecular formula is C16H20FN5O3. The van der Waals surface area contributed by atoms with Crippen molar-refractivity contribution in [2.24, 2.45) is 0 Å². The Bertz CT molecular complexity index is 706. The van der Waals surface area contributed by atoms with Crippen LogP contribution in [0.15, 0.2) is 22.9 Å². The average Bonchev–Trinajstić information content (AvgIpc) is 3.11. The molecule has 0 aromatic carbocycles. The summed E-state index contributed by atoms with van der Waals surface area (Å²) in [5.74, 6) is 0.578. The van der Waals surface area contributed by atoms with Crippen molar-refractivity contribution in [3.05, 3.63) is 36.0 Å². The fraction of sp³-hybridized carbons (Fsp3) is 0.500. The monoisotopic (exact) mass is 349 g/mol. The molecule has 8 nitrogen and oxygen atoms in total. The molecule has 0 radical (unpaired) electrons. The molecule has 1 aliphatic heterocycles. The molecule has 25 heavy (non-hydrogen) atoms. The number of hydrogen-bond donors (Lipinski definition) is 1. The van der Waals surface area contributed by atoms with E-state index in [0.29, 0.717) is 43.5 Å². The summed E-state index contributed by atoms with van der Waals surface area (Å²) in [4.78, 5) is 22.0. The second kappa shape index (κ2) is 8.02. The zero-order valence-electron chi connectivity index (χ0n) is 13.9. The molecule has 2 amide bonds. The van der Waals surface area contributed by atoms with Gasteiger partial charge in [-0.3, -0.25) is 0 Å². The van der Waals surface area contributed by atoms with Gasteiger partial charge in [0.05, 0.1) is 24.4 Å². The van der Waals surface area contributed by atoms with E-state index in [1.165, 1.54) is 18.3 Å². The number of carbonyl (C=O) groups excluding carboxylic acids is 1. The number of amides is 2. The van der Waals surface area contributed by atoms with Gasteiger partial charge in [-0.2, -0.15) is 9.37 Å². The highest BCUT2D eigenvalue weighted by atomic mass is 19.1. The van der Waals surface area contributed by atoms with Crippen LogP contribution in [0.4, 0.5) is 14.9 Å². The van der Waals surface area contributed by atoms with Crippen molar-refractivity contribution in [3.63, 3.8) is 0 Å². The first-order valence-electron chi connectivity index (χ1n) is 8.14. The molecule has 3 heterocycles. The number of rotatable bonds is 5. The summed E-state index contributed by atoms with van der Waals surface area (Å²) < 4.78 is 23.2. The number of ether oxygens (including phenoxy) is 1. The lowest BCUT2D eigenvalue weighted by Gasteiger charge is -2.31. The van der Waals surface area contributed by atoms with E-state index >= 15 is 0 Å². The molecular weight excluding hydrogens is 329 g/mol. The van der Waals surface area contributed by atoms with E-state index < -0.39 is 5.95 Å². The Hall–Kier alpha value is -2.55. The number of methoxy groups -OCH3 is 1. The molecule has 1 saturated heterocycles. The fourth-order valence-electron chi connectivity index (χ4n) is 2.74. The summed E-state index contributed by atoms with van der Waals surface area (Å²) >= 11 is 0. The van der Waals surface area contributed by atoms with Gasteiger partial charge in [0.15, 0.2) is 5.82 Å². The zero-order valence-corrected chi connectivity index (χ0v) is 13.9. The summed E-state index contributed by atoms with van der Waals surface area (Å²) in [6.45, 7) is 1.66. The summed E-state index contributed by atoms with van der Waals surface area (Å²) in [7, 11) is 1.62. The van der Waals surface area contributed by atoms with Crippen LogP contribution in [0.25, 0.3) is 0 Å². The van der Waals surface area contributed by atoms with Crippen LogP contribution in [0.2, 0.25) is 0 Å². The smallest absolute Gasteiger partial charge is 0.321 e. The second-order valence-corrected chi connectivity index (χ2v) is 5.88. The summed E-state index contributed by atoms with van der Waals surface area (Å²) in [5.41, 5.74) is 0.452. The van der Waals surface area contributed by atoms with Crippen LogP contribution in [0.3, 0.4) is 0 Å². The highest BCUT2D eigenvalue weighted by Gasteiger charge is 2.28. The van der Waals surface area contributed by atoms with Crippen molar-refractivity contribution in [1.29, 1.82) is 0 Å². The molecule has 0 saturated carbocycles. The summed E-state index contributed by atoms with van der Waals surface area (Å²) in [5, 5.41) is 6.66. The Labute approximate surface area is 144 Å². The summed E-state index contributed by atoms with van der Waals surface area (Å²) in [6, 6.07) is 2.42. The third-order valence-electron chi connectivity index (χ3n) is 4.05. The maximum absolute atomic E-state index is 12.8. The van der Waals surface area contributed by atoms with Crippen molar-refractivity contribution in [3.8, 4) is 0 Å². The van der Waals surface area contributed by atoms with Crippen molar-refractivity contribution >= 4 is 11.7 Å². The SMILES string of the molecule is COCCc1noc([C@H]2CCCN(C(=O)Nc3ccc(F)nc3)C2)n1. The molecule has 1 N–H and O–H groups in total. The predicted molar refractivity (Wildman–Crippen MR) is 86.6 cm³/mol. The quantitative estimate of drug-likeness (QED) is 0.832. The van der Waals surface area contributed by atoms with Crippen LogP contribution in [0, 0.1) is 5.95 Å². The van der Waals surface area contributed by atoms with Crippen molar-refractivity contribution in [2.45, 2.75) is 25.2 Å². The maximum atomic E-state index is 12.8. The molecule has 0 spiro atoms. The lowest BCUT2D eigenvalue weighted by atomic mass is 9.98. The van der Waals surface area contributed by atoms with Crippen LogP contribution in [-0.4, -0.2) is 52.9 Å². The van der Waals surface area contributed by atoms with E-state index in [4.69, 9.17) is 9.26 Å². The van der Waals surface area contributed by atoms with E-state index in [1.807, 2.05) is 0 Å². The lowest BCUT2D eigenvalue weighted by molar-refractivity contribution is 0.184. The Kier molecular flexibility index (Phi) is 5.54. The zero-order chi connectivity index (χ0) is 17.6. The first-order valence-corrected chi connectivity index (χ1v) is 8.14. The minimum absolute atomic E-state index is 0.00892. The third kappa shape index (κ3) is 4.50. The number of likely N-dealkylation sites (tertiary alicyclic amines) is 1. The highest BCUT2D eigenvalue weighted by molar-refractivity contribution is 5.89. The molecule has 1 aliphatic rings. The Balaban J connectivity index is 1.59. The lowest BCUT2D eigenvalue weighted by Crippen LogP contribution is -2.41. The van der Waals surface area contributed by atoms with Gasteiger partial charge in [-0.15, -0.1) is 0 Å². The van der Waals surface area contributed by atoms with Gasteiger partial charge in [-0.25, -0.2) is 9.78 Å². The number of nitrogens with zero attached hydrogens (tertiary/aromatic N) is 4. The molecule has 9 heteroatoms. The Morgan fingerprint density at radius 2 is 2.40 bits per heavy atom. The van der Waals surface area contributed by atoms with E-state index in [1.54, 1.807) is 12.0 Å². The van der Waals surface area contributed by atoms with E-state index in [0.717, 1.165) is 12.8 Å². The molecule has 134 valence electrons. The van der Waals surface area contributed by atoms with Gasteiger partial charge in [0.25, 0.3) is 0 Å². The number of carbonyl (C=O) groups is 1. The fourth-order valence-corrected chi connectivity index (χ4v) is 2.74. The topological polar surface area (TPSA) is 93.4 Å². The molecule has 0 aliphatic carbocycles. The predicted octanol–water partition coefficient (Wildman–Crippen LogP) is 2.20. The van der Waals surface area contributed by atoms with Crippen molar-refractivity contribution in [2.75, 3.05) is 32.1 Å². The standard InChI is InChI=1S/C16H20FN5O3/c1-24-8-6-14-20-15(25-21-14)11-3-2-7-22(10-11)16(23)19-12-4-5-13(17)18-9-12/h4-5,9,11H,2-3,6-8,10H2,1H3,(H,19,23)/t11-/m0/s1. The first kappa shape index (κ1) is 17.3. The molecule has 0 unspecified atom stereocenters. The average molecular weight is 349 g/mol. The maximum Gasteiger partial charge on any atom is 0.321 e. The third-order valence-corrected chi connectivity index (χ3v) is 4.05. The van der Waals surface area contributed by atoms with Gasteiger partial charge in [-0.1, -0.05) is 5.16 Å². The molecule has 1 fully saturated rings. The van der Waals surface area contributed by atoms with Crippen molar-refractivity contribution < 1.29 is 18.4 Å². The normalized spacial score (nSPS) is 17.5. The number of piperidine rings is 1. The van der Waals surface area contributed by atoms with Crippen LogP contribution < -0.4 is 5.32 Å². The number of halogens is 1. The Morgan fingerprint density at radius 3 is 3.16 bits per heavy atom. The van der Waals surface area contributed by atoms with E-state index in [2.05, 4.69) is 20.4 Å². The number of pyridine rings is 1. The van der Waals surface area contributed by atoms with Gasteiger partial charge < -0.3 is 19.5 Å². The number of urea groups is 1. The van der Waals surface area contributed by atoms with Gasteiger partial charge in [0.2, 0.25) is 11.8 Å². The van der Waals surface area contributed by atoms with Gasteiger partial charge >= 0.3 is 6.03 Å². The minimum Gasteiger partial charge on any atom is -0.384 e. The largest absolute Gasteiger partial charge is 0.384 e. The van der Waals surface area contributed by atoms with Crippen LogP contribution >= 0.6 is 0 Å². The minimum atomic E-state index is -0.586. The number of hydrogen-bond acceptors (Lipinski definition) is 6. The first-order chi connectivity index (χ1) is 12.2. The molecule has 3 rings (SSSR count). The van der Waals surface area contributed by atoms with E-state index in [-0.39, 0.29) is 11.9 Å². The summed E-state index contributed by atoms with van der Waals surface area (Å²) in [6.07, 6.45) is 3.60. The van der Waals surface area contributed by atoms with Crippen LogP contribution in [0.5, 0.6) is 0 Å². The molecule has 2 aromatic heterocycles. The van der Waals surface area contributed by atoms with Crippen LogP contribution in [0.1, 0.15) is 30.5 Å². The number of anilines is 1. The number of nitrogens with one attached hydrogen (secondary N) is 1.